The Balaban J connectivity index is 2.23. The average molecular weight is 204 g/mol. The third kappa shape index (κ3) is 2.52. The third-order valence-corrected chi connectivity index (χ3v) is 2.05. The Morgan fingerprint density at radius 3 is 2.47 bits per heavy atom. The highest BCUT2D eigenvalue weighted by molar-refractivity contribution is 5.42. The fourth-order valence-electron chi connectivity index (χ4n) is 1.53. The quantitative estimate of drug-likeness (QED) is 0.645. The van der Waals surface area contributed by atoms with E-state index in [1.54, 1.807) is 0 Å². The average Bonchev–Trinajstić information content (AvgIpc) is 2.15. The van der Waals surface area contributed by atoms with Crippen LogP contribution in [0.25, 0.3) is 0 Å². The first-order valence-electron chi connectivity index (χ1n) is 5.16. The topological polar surface area (TPSA) is 18.5 Å². The number of rotatable bonds is 0. The Morgan fingerprint density at radius 2 is 1.80 bits per heavy atom. The minimum absolute atomic E-state index is 0.116. The second kappa shape index (κ2) is 3.61. The fraction of sp³-hybridized carbons (Fsp3) is 0.385. The first kappa shape index (κ1) is 10.1. The second-order valence-electron chi connectivity index (χ2n) is 4.81. The van der Waals surface area contributed by atoms with Gasteiger partial charge in [-0.2, -0.15) is 0 Å². The Morgan fingerprint density at radius 1 is 1.13 bits per heavy atom. The number of hydrogen-bond donors (Lipinski definition) is 0. The molecule has 0 spiro atoms. The molecule has 0 fully saturated rings. The van der Waals surface area contributed by atoms with Crippen molar-refractivity contribution in [3.63, 3.8) is 0 Å². The van der Waals surface area contributed by atoms with Crippen LogP contribution in [0.4, 0.5) is 0 Å². The largest absolute Gasteiger partial charge is 0.482 e. The monoisotopic (exact) mass is 204 g/mol. The van der Waals surface area contributed by atoms with Crippen LogP contribution in [0.15, 0.2) is 36.1 Å². The minimum atomic E-state index is 0.116. The molecule has 2 heteroatoms. The van der Waals surface area contributed by atoms with E-state index in [-0.39, 0.29) is 5.41 Å². The van der Waals surface area contributed by atoms with Crippen LogP contribution in [0, 0.1) is 5.41 Å². The highest BCUT2D eigenvalue weighted by Crippen LogP contribution is 2.33. The second-order valence-corrected chi connectivity index (χ2v) is 4.81. The maximum absolute atomic E-state index is 5.74. The Labute approximate surface area is 90.5 Å². The maximum atomic E-state index is 5.74. The summed E-state index contributed by atoms with van der Waals surface area (Å²) in [7, 11) is 0. The summed E-state index contributed by atoms with van der Waals surface area (Å²) >= 11 is 0. The molecule has 1 aromatic rings. The summed E-state index contributed by atoms with van der Waals surface area (Å²) in [6, 6.07) is 7.73. The van der Waals surface area contributed by atoms with Crippen LogP contribution in [0.3, 0.4) is 0 Å². The molecule has 0 aliphatic carbocycles. The highest BCUT2D eigenvalue weighted by atomic mass is 16.6. The molecule has 0 atom stereocenters. The molecule has 0 unspecified atom stereocenters. The van der Waals surface area contributed by atoms with Crippen molar-refractivity contribution < 1.29 is 9.47 Å². The number of para-hydroxylation sites is 2. The zero-order valence-corrected chi connectivity index (χ0v) is 9.41. The van der Waals surface area contributed by atoms with Crippen LogP contribution in [0.2, 0.25) is 0 Å². The maximum Gasteiger partial charge on any atom is 0.168 e. The van der Waals surface area contributed by atoms with Gasteiger partial charge in [-0.3, -0.25) is 0 Å². The predicted molar refractivity (Wildman–Crippen MR) is 60.1 cm³/mol. The molecule has 1 heterocycles. The Kier molecular flexibility index (Phi) is 2.43. The molecule has 1 aromatic carbocycles. The zero-order chi connectivity index (χ0) is 10.9. The van der Waals surface area contributed by atoms with Crippen molar-refractivity contribution >= 4 is 0 Å². The summed E-state index contributed by atoms with van der Waals surface area (Å²) in [5.41, 5.74) is 0.116. The van der Waals surface area contributed by atoms with Gasteiger partial charge in [0.1, 0.15) is 12.4 Å². The van der Waals surface area contributed by atoms with Crippen molar-refractivity contribution in [3.8, 4) is 11.5 Å². The molecule has 15 heavy (non-hydrogen) atoms. The van der Waals surface area contributed by atoms with E-state index in [1.807, 2.05) is 24.3 Å². The van der Waals surface area contributed by atoms with Crippen molar-refractivity contribution in [2.45, 2.75) is 20.8 Å². The van der Waals surface area contributed by atoms with Crippen LogP contribution < -0.4 is 9.47 Å². The van der Waals surface area contributed by atoms with Gasteiger partial charge >= 0.3 is 0 Å². The van der Waals surface area contributed by atoms with Gasteiger partial charge in [0.05, 0.1) is 0 Å². The molecule has 0 saturated carbocycles. The lowest BCUT2D eigenvalue weighted by Crippen LogP contribution is -2.16. The number of benzene rings is 1. The predicted octanol–water partition coefficient (Wildman–Crippen LogP) is 3.39. The number of hydrogen-bond acceptors (Lipinski definition) is 2. The summed E-state index contributed by atoms with van der Waals surface area (Å²) in [4.78, 5) is 0. The normalized spacial score (nSPS) is 17.9. The summed E-state index contributed by atoms with van der Waals surface area (Å²) in [6.07, 6.45) is 2.10. The van der Waals surface area contributed by atoms with E-state index in [0.717, 1.165) is 17.3 Å². The fourth-order valence-corrected chi connectivity index (χ4v) is 1.53. The molecule has 0 amide bonds. The van der Waals surface area contributed by atoms with E-state index in [2.05, 4.69) is 26.8 Å². The van der Waals surface area contributed by atoms with E-state index in [0.29, 0.717) is 6.61 Å². The van der Waals surface area contributed by atoms with Gasteiger partial charge in [-0.1, -0.05) is 32.9 Å². The molecule has 0 saturated heterocycles. The Bertz CT molecular complexity index is 386. The van der Waals surface area contributed by atoms with Gasteiger partial charge < -0.3 is 9.47 Å². The molecule has 1 aliphatic heterocycles. The summed E-state index contributed by atoms with van der Waals surface area (Å²) in [6.45, 7) is 6.95. The standard InChI is InChI=1S/C13H16O2/c1-13(2,3)8-10-9-14-11-6-4-5-7-12(11)15-10/h4-8H,9H2,1-3H3/b10-8-. The van der Waals surface area contributed by atoms with E-state index < -0.39 is 0 Å². The van der Waals surface area contributed by atoms with E-state index >= 15 is 0 Å². The molecule has 1 aliphatic rings. The van der Waals surface area contributed by atoms with Gasteiger partial charge in [-0.25, -0.2) is 0 Å². The zero-order valence-electron chi connectivity index (χ0n) is 9.41. The van der Waals surface area contributed by atoms with Crippen molar-refractivity contribution in [2.24, 2.45) is 5.41 Å². The molecular weight excluding hydrogens is 188 g/mol. The van der Waals surface area contributed by atoms with E-state index in [9.17, 15) is 0 Å². The van der Waals surface area contributed by atoms with Crippen molar-refractivity contribution in [3.05, 3.63) is 36.1 Å². The van der Waals surface area contributed by atoms with Crippen LogP contribution in [-0.2, 0) is 0 Å². The highest BCUT2D eigenvalue weighted by Gasteiger charge is 2.17. The van der Waals surface area contributed by atoms with Gasteiger partial charge in [-0.05, 0) is 23.6 Å². The lowest BCUT2D eigenvalue weighted by Gasteiger charge is -2.23. The molecule has 0 bridgehead atoms. The molecular formula is C13H16O2. The van der Waals surface area contributed by atoms with E-state index in [4.69, 9.17) is 9.47 Å². The van der Waals surface area contributed by atoms with Gasteiger partial charge in [-0.15, -0.1) is 0 Å². The van der Waals surface area contributed by atoms with Crippen LogP contribution in [0.5, 0.6) is 11.5 Å². The number of fused-ring (bicyclic) bond motifs is 1. The van der Waals surface area contributed by atoms with Gasteiger partial charge in [0.2, 0.25) is 0 Å². The molecule has 0 aromatic heterocycles. The third-order valence-electron chi connectivity index (χ3n) is 2.05. The van der Waals surface area contributed by atoms with Gasteiger partial charge in [0.25, 0.3) is 0 Å². The number of ether oxygens (including phenoxy) is 2. The van der Waals surface area contributed by atoms with Crippen LogP contribution >= 0.6 is 0 Å². The Hall–Kier alpha value is -1.44. The molecule has 80 valence electrons. The van der Waals surface area contributed by atoms with Crippen LogP contribution in [-0.4, -0.2) is 6.61 Å². The number of allylic oxidation sites excluding steroid dienone is 1. The van der Waals surface area contributed by atoms with Gasteiger partial charge in [0, 0.05) is 0 Å². The first-order valence-corrected chi connectivity index (χ1v) is 5.16. The lowest BCUT2D eigenvalue weighted by atomic mass is 9.96. The molecule has 2 rings (SSSR count). The summed E-state index contributed by atoms with van der Waals surface area (Å²) in [5, 5.41) is 0. The van der Waals surface area contributed by atoms with Crippen molar-refractivity contribution in [2.75, 3.05) is 6.61 Å². The van der Waals surface area contributed by atoms with Gasteiger partial charge in [0.15, 0.2) is 11.5 Å². The lowest BCUT2D eigenvalue weighted by molar-refractivity contribution is 0.227. The minimum Gasteiger partial charge on any atom is -0.482 e. The molecule has 2 nitrogen and oxygen atoms in total. The van der Waals surface area contributed by atoms with Crippen molar-refractivity contribution in [1.82, 2.24) is 0 Å². The van der Waals surface area contributed by atoms with Crippen molar-refractivity contribution in [1.29, 1.82) is 0 Å². The van der Waals surface area contributed by atoms with E-state index in [1.165, 1.54) is 0 Å². The SMILES string of the molecule is CC(C)(C)/C=C1/COc2ccccc2O1. The molecule has 0 radical (unpaired) electrons. The smallest absolute Gasteiger partial charge is 0.168 e. The molecule has 0 N–H and O–H groups in total. The van der Waals surface area contributed by atoms with Crippen LogP contribution in [0.1, 0.15) is 20.8 Å². The summed E-state index contributed by atoms with van der Waals surface area (Å²) in [5.74, 6) is 2.52. The first-order chi connectivity index (χ1) is 7.04. The summed E-state index contributed by atoms with van der Waals surface area (Å²) < 4.78 is 11.3.